The summed E-state index contributed by atoms with van der Waals surface area (Å²) in [6.07, 6.45) is 0. The van der Waals surface area contributed by atoms with Crippen molar-refractivity contribution >= 4 is 17.7 Å². The maximum absolute atomic E-state index is 13.0. The molecule has 0 saturated carbocycles. The first-order valence-corrected chi connectivity index (χ1v) is 10.7. The van der Waals surface area contributed by atoms with E-state index in [1.165, 1.54) is 4.90 Å². The quantitative estimate of drug-likeness (QED) is 0.682. The number of carbonyl (C=O) groups excluding carboxylic acids is 3. The first-order chi connectivity index (χ1) is 15.6. The van der Waals surface area contributed by atoms with E-state index in [2.05, 4.69) is 0 Å². The van der Waals surface area contributed by atoms with E-state index in [0.717, 1.165) is 5.56 Å². The summed E-state index contributed by atoms with van der Waals surface area (Å²) in [7, 11) is 0. The highest BCUT2D eigenvalue weighted by Gasteiger charge is 2.34. The first-order valence-electron chi connectivity index (χ1n) is 10.7. The van der Waals surface area contributed by atoms with Crippen molar-refractivity contribution in [3.63, 3.8) is 0 Å². The molecule has 1 fully saturated rings. The number of hydrogen-bond acceptors (Lipinski definition) is 6. The van der Waals surface area contributed by atoms with E-state index in [-0.39, 0.29) is 24.3 Å². The van der Waals surface area contributed by atoms with Crippen molar-refractivity contribution in [2.45, 2.75) is 6.54 Å². The third-order valence-electron chi connectivity index (χ3n) is 5.46. The lowest BCUT2D eigenvalue weighted by molar-refractivity contribution is -0.00434. The van der Waals surface area contributed by atoms with Gasteiger partial charge in [0.25, 0.3) is 17.7 Å². The number of rotatable bonds is 3. The van der Waals surface area contributed by atoms with Gasteiger partial charge in [0.15, 0.2) is 0 Å². The summed E-state index contributed by atoms with van der Waals surface area (Å²) in [6, 6.07) is 13.8. The van der Waals surface area contributed by atoms with Gasteiger partial charge in [0, 0.05) is 18.7 Å². The molecule has 0 bridgehead atoms. The summed E-state index contributed by atoms with van der Waals surface area (Å²) in [5.74, 6) is -0.705. The Kier molecular flexibility index (Phi) is 7.26. The number of ether oxygens (including phenoxy) is 3. The van der Waals surface area contributed by atoms with E-state index in [4.69, 9.17) is 14.2 Å². The van der Waals surface area contributed by atoms with Gasteiger partial charge in [-0.2, -0.15) is 0 Å². The molecule has 168 valence electrons. The third-order valence-corrected chi connectivity index (χ3v) is 5.46. The smallest absolute Gasteiger partial charge is 0.261 e. The van der Waals surface area contributed by atoms with Crippen molar-refractivity contribution in [1.29, 1.82) is 0 Å². The molecule has 32 heavy (non-hydrogen) atoms. The SMILES string of the molecule is O=C(c1ccc(CN2C(=O)c3ccccc3C2=O)cc1)N1CCOCCOCCOCC1. The topological polar surface area (TPSA) is 85.4 Å². The average molecular weight is 438 g/mol. The summed E-state index contributed by atoms with van der Waals surface area (Å²) in [5, 5.41) is 0. The summed E-state index contributed by atoms with van der Waals surface area (Å²) >= 11 is 0. The van der Waals surface area contributed by atoms with Crippen molar-refractivity contribution in [2.75, 3.05) is 52.7 Å². The van der Waals surface area contributed by atoms with Crippen molar-refractivity contribution in [3.8, 4) is 0 Å². The fourth-order valence-corrected chi connectivity index (χ4v) is 3.71. The molecule has 2 aromatic carbocycles. The number of amides is 3. The fraction of sp³-hybridized carbons (Fsp3) is 0.375. The molecule has 0 aliphatic carbocycles. The predicted octanol–water partition coefficient (Wildman–Crippen LogP) is 1.99. The van der Waals surface area contributed by atoms with E-state index in [1.54, 1.807) is 53.4 Å². The van der Waals surface area contributed by atoms with Crippen LogP contribution < -0.4 is 0 Å². The van der Waals surface area contributed by atoms with Crippen LogP contribution in [0, 0.1) is 0 Å². The van der Waals surface area contributed by atoms with E-state index in [0.29, 0.717) is 69.4 Å². The Balaban J connectivity index is 1.39. The summed E-state index contributed by atoms with van der Waals surface area (Å²) in [6.45, 7) is 3.90. The van der Waals surface area contributed by atoms with Crippen LogP contribution in [-0.2, 0) is 20.8 Å². The van der Waals surface area contributed by atoms with Crippen LogP contribution in [0.4, 0.5) is 0 Å². The van der Waals surface area contributed by atoms with E-state index >= 15 is 0 Å². The maximum atomic E-state index is 13.0. The molecule has 4 rings (SSSR count). The summed E-state index contributed by atoms with van der Waals surface area (Å²) in [4.78, 5) is 41.1. The van der Waals surface area contributed by atoms with Gasteiger partial charge in [0.2, 0.25) is 0 Å². The average Bonchev–Trinajstić information content (AvgIpc) is 3.05. The third kappa shape index (κ3) is 5.04. The second-order valence-electron chi connectivity index (χ2n) is 7.57. The van der Waals surface area contributed by atoms with Gasteiger partial charge in [-0.3, -0.25) is 19.3 Å². The largest absolute Gasteiger partial charge is 0.377 e. The lowest BCUT2D eigenvalue weighted by Gasteiger charge is -2.23. The highest BCUT2D eigenvalue weighted by Crippen LogP contribution is 2.24. The number of fused-ring (bicyclic) bond motifs is 1. The minimum Gasteiger partial charge on any atom is -0.377 e. The Bertz CT molecular complexity index is 928. The second-order valence-corrected chi connectivity index (χ2v) is 7.57. The first kappa shape index (κ1) is 22.1. The Hall–Kier alpha value is -3.07. The fourth-order valence-electron chi connectivity index (χ4n) is 3.71. The number of benzene rings is 2. The standard InChI is InChI=1S/C24H26N2O6/c27-22(25-9-11-30-13-15-32-16-14-31-12-10-25)19-7-5-18(6-8-19)17-26-23(28)20-3-1-2-4-21(20)24(26)29/h1-8H,9-17H2. The van der Waals surface area contributed by atoms with Gasteiger partial charge in [0.05, 0.1) is 57.3 Å². The van der Waals surface area contributed by atoms with Crippen LogP contribution in [0.15, 0.2) is 48.5 Å². The zero-order chi connectivity index (χ0) is 22.3. The van der Waals surface area contributed by atoms with Gasteiger partial charge >= 0.3 is 0 Å². The molecule has 0 unspecified atom stereocenters. The molecule has 2 heterocycles. The van der Waals surface area contributed by atoms with E-state index in [9.17, 15) is 14.4 Å². The van der Waals surface area contributed by atoms with Gasteiger partial charge < -0.3 is 19.1 Å². The Morgan fingerprint density at radius 1 is 0.719 bits per heavy atom. The molecule has 0 N–H and O–H groups in total. The van der Waals surface area contributed by atoms with Crippen molar-refractivity contribution in [2.24, 2.45) is 0 Å². The Morgan fingerprint density at radius 3 is 1.75 bits per heavy atom. The molecule has 1 saturated heterocycles. The predicted molar refractivity (Wildman–Crippen MR) is 115 cm³/mol. The number of nitrogens with zero attached hydrogens (tertiary/aromatic N) is 2. The molecule has 2 aliphatic heterocycles. The van der Waals surface area contributed by atoms with Gasteiger partial charge in [-0.05, 0) is 29.8 Å². The van der Waals surface area contributed by atoms with Gasteiger partial charge in [-0.25, -0.2) is 0 Å². The maximum Gasteiger partial charge on any atom is 0.261 e. The lowest BCUT2D eigenvalue weighted by atomic mass is 10.1. The van der Waals surface area contributed by atoms with Crippen LogP contribution in [0.2, 0.25) is 0 Å². The van der Waals surface area contributed by atoms with Crippen molar-refractivity contribution in [3.05, 3.63) is 70.8 Å². The molecular weight excluding hydrogens is 412 g/mol. The van der Waals surface area contributed by atoms with Crippen LogP contribution in [0.25, 0.3) is 0 Å². The molecule has 8 nitrogen and oxygen atoms in total. The number of imide groups is 1. The minimum absolute atomic E-state index is 0.113. The minimum atomic E-state index is -0.296. The van der Waals surface area contributed by atoms with Crippen LogP contribution in [0.3, 0.4) is 0 Å². The van der Waals surface area contributed by atoms with Crippen molar-refractivity contribution in [1.82, 2.24) is 9.80 Å². The normalized spacial score (nSPS) is 18.1. The molecule has 0 atom stereocenters. The molecule has 2 aliphatic rings. The van der Waals surface area contributed by atoms with Crippen LogP contribution in [0.1, 0.15) is 36.6 Å². The molecule has 0 aromatic heterocycles. The molecular formula is C24H26N2O6. The highest BCUT2D eigenvalue weighted by atomic mass is 16.5. The molecule has 2 aromatic rings. The zero-order valence-corrected chi connectivity index (χ0v) is 17.8. The van der Waals surface area contributed by atoms with Crippen LogP contribution in [-0.4, -0.2) is 80.3 Å². The monoisotopic (exact) mass is 438 g/mol. The molecule has 8 heteroatoms. The Labute approximate surface area is 186 Å². The lowest BCUT2D eigenvalue weighted by Crippen LogP contribution is -2.37. The molecule has 0 radical (unpaired) electrons. The van der Waals surface area contributed by atoms with Crippen LogP contribution >= 0.6 is 0 Å². The highest BCUT2D eigenvalue weighted by molar-refractivity contribution is 6.21. The molecule has 0 spiro atoms. The number of hydrogen-bond donors (Lipinski definition) is 0. The zero-order valence-electron chi connectivity index (χ0n) is 17.8. The van der Waals surface area contributed by atoms with Gasteiger partial charge in [-0.1, -0.05) is 24.3 Å². The number of carbonyl (C=O) groups is 3. The van der Waals surface area contributed by atoms with E-state index in [1.807, 2.05) is 0 Å². The van der Waals surface area contributed by atoms with Crippen molar-refractivity contribution < 1.29 is 28.6 Å². The van der Waals surface area contributed by atoms with Crippen LogP contribution in [0.5, 0.6) is 0 Å². The Morgan fingerprint density at radius 2 is 1.22 bits per heavy atom. The summed E-state index contributed by atoms with van der Waals surface area (Å²) < 4.78 is 16.4. The van der Waals surface area contributed by atoms with Gasteiger partial charge in [-0.15, -0.1) is 0 Å². The van der Waals surface area contributed by atoms with E-state index < -0.39 is 0 Å². The van der Waals surface area contributed by atoms with Gasteiger partial charge in [0.1, 0.15) is 0 Å². The molecule has 3 amide bonds. The summed E-state index contributed by atoms with van der Waals surface area (Å²) in [5.41, 5.74) is 2.16. The second kappa shape index (κ2) is 10.5.